The minimum absolute atomic E-state index is 0.898. The Hall–Kier alpha value is -1.84. The molecular weight excluding hydrogens is 200 g/mol. The van der Waals surface area contributed by atoms with Crippen LogP contribution in [0.15, 0.2) is 36.9 Å². The summed E-state index contributed by atoms with van der Waals surface area (Å²) in [5.74, 6) is 0.898. The molecule has 1 saturated carbocycles. The Balaban J connectivity index is 1.69. The van der Waals surface area contributed by atoms with Gasteiger partial charge in [0.25, 0.3) is 0 Å². The molecule has 16 heavy (non-hydrogen) atoms. The van der Waals surface area contributed by atoms with Gasteiger partial charge >= 0.3 is 0 Å². The maximum atomic E-state index is 4.09. The highest BCUT2D eigenvalue weighted by molar-refractivity contribution is 5.48. The van der Waals surface area contributed by atoms with Gasteiger partial charge in [-0.05, 0) is 43.0 Å². The average Bonchev–Trinajstić information content (AvgIpc) is 3.00. The van der Waals surface area contributed by atoms with Gasteiger partial charge in [0, 0.05) is 12.2 Å². The van der Waals surface area contributed by atoms with E-state index in [9.17, 15) is 0 Å². The molecule has 2 aromatic rings. The molecule has 3 rings (SSSR count). The average molecular weight is 214 g/mol. The summed E-state index contributed by atoms with van der Waals surface area (Å²) in [6, 6.07) is 8.26. The van der Waals surface area contributed by atoms with E-state index in [1.165, 1.54) is 18.5 Å². The normalized spacial score (nSPS) is 15.0. The second-order valence-electron chi connectivity index (χ2n) is 4.21. The molecule has 1 aliphatic rings. The smallest absolute Gasteiger partial charge is 0.138 e. The lowest BCUT2D eigenvalue weighted by molar-refractivity contribution is 0.876. The summed E-state index contributed by atoms with van der Waals surface area (Å²) in [7, 11) is 0. The largest absolute Gasteiger partial charge is 0.385 e. The van der Waals surface area contributed by atoms with E-state index >= 15 is 0 Å². The highest BCUT2D eigenvalue weighted by atomic mass is 15.3. The van der Waals surface area contributed by atoms with Gasteiger partial charge in [-0.15, -0.1) is 0 Å². The van der Waals surface area contributed by atoms with Crippen LogP contribution in [0.3, 0.4) is 0 Å². The third-order valence-electron chi connectivity index (χ3n) is 2.84. The molecule has 0 spiro atoms. The van der Waals surface area contributed by atoms with Gasteiger partial charge in [-0.2, -0.15) is 5.10 Å². The van der Waals surface area contributed by atoms with Gasteiger partial charge in [-0.1, -0.05) is 0 Å². The van der Waals surface area contributed by atoms with Crippen molar-refractivity contribution in [1.82, 2.24) is 14.8 Å². The summed E-state index contributed by atoms with van der Waals surface area (Å²) in [6.45, 7) is 1.10. The summed E-state index contributed by atoms with van der Waals surface area (Å²) in [4.78, 5) is 3.93. The minimum atomic E-state index is 0.898. The van der Waals surface area contributed by atoms with E-state index in [4.69, 9.17) is 0 Å². The molecule has 82 valence electrons. The number of nitrogens with one attached hydrogen (secondary N) is 1. The van der Waals surface area contributed by atoms with Crippen LogP contribution in [0.5, 0.6) is 0 Å². The van der Waals surface area contributed by atoms with Crippen LogP contribution in [0.2, 0.25) is 0 Å². The molecular formula is C12H14N4. The van der Waals surface area contributed by atoms with Crippen LogP contribution in [-0.2, 0) is 0 Å². The van der Waals surface area contributed by atoms with Crippen molar-refractivity contribution in [3.05, 3.63) is 36.9 Å². The van der Waals surface area contributed by atoms with Crippen LogP contribution in [0.4, 0.5) is 5.69 Å². The van der Waals surface area contributed by atoms with Gasteiger partial charge in [0.2, 0.25) is 0 Å². The Labute approximate surface area is 94.3 Å². The fourth-order valence-corrected chi connectivity index (χ4v) is 1.66. The third-order valence-corrected chi connectivity index (χ3v) is 2.84. The van der Waals surface area contributed by atoms with Crippen molar-refractivity contribution in [2.45, 2.75) is 12.8 Å². The van der Waals surface area contributed by atoms with Crippen molar-refractivity contribution >= 4 is 5.69 Å². The Morgan fingerprint density at radius 2 is 2.06 bits per heavy atom. The Bertz CT molecular complexity index is 442. The van der Waals surface area contributed by atoms with E-state index in [2.05, 4.69) is 27.5 Å². The molecule has 1 N–H and O–H groups in total. The first-order valence-electron chi connectivity index (χ1n) is 5.61. The maximum absolute atomic E-state index is 4.09. The van der Waals surface area contributed by atoms with Gasteiger partial charge in [0.1, 0.15) is 12.7 Å². The fraction of sp³-hybridized carbons (Fsp3) is 0.333. The van der Waals surface area contributed by atoms with Crippen LogP contribution in [0.1, 0.15) is 12.8 Å². The number of anilines is 1. The number of benzene rings is 1. The summed E-state index contributed by atoms with van der Waals surface area (Å²) < 4.78 is 1.75. The minimum Gasteiger partial charge on any atom is -0.385 e. The number of hydrogen-bond acceptors (Lipinski definition) is 3. The summed E-state index contributed by atoms with van der Waals surface area (Å²) >= 11 is 0. The van der Waals surface area contributed by atoms with Crippen molar-refractivity contribution in [2.75, 3.05) is 11.9 Å². The molecule has 0 radical (unpaired) electrons. The van der Waals surface area contributed by atoms with E-state index < -0.39 is 0 Å². The Kier molecular flexibility index (Phi) is 2.33. The number of rotatable bonds is 4. The van der Waals surface area contributed by atoms with Crippen molar-refractivity contribution in [2.24, 2.45) is 5.92 Å². The second-order valence-corrected chi connectivity index (χ2v) is 4.21. The fourth-order valence-electron chi connectivity index (χ4n) is 1.66. The standard InChI is InChI=1S/C12H14N4/c1-2-10(1)7-14-11-3-5-12(6-4-11)16-9-13-8-15-16/h3-6,8-10,14H,1-2,7H2. The molecule has 4 heteroatoms. The summed E-state index contributed by atoms with van der Waals surface area (Å²) in [5, 5.41) is 7.52. The molecule has 0 unspecified atom stereocenters. The molecule has 0 saturated heterocycles. The molecule has 0 aliphatic heterocycles. The quantitative estimate of drug-likeness (QED) is 0.847. The van der Waals surface area contributed by atoms with Crippen LogP contribution >= 0.6 is 0 Å². The van der Waals surface area contributed by atoms with Crippen LogP contribution in [-0.4, -0.2) is 21.3 Å². The molecule has 1 heterocycles. The SMILES string of the molecule is c1ncn(-c2ccc(NCC3CC3)cc2)n1. The first kappa shape index (κ1) is 9.39. The zero-order chi connectivity index (χ0) is 10.8. The predicted molar refractivity (Wildman–Crippen MR) is 62.6 cm³/mol. The van der Waals surface area contributed by atoms with Crippen LogP contribution < -0.4 is 5.32 Å². The Morgan fingerprint density at radius 1 is 1.25 bits per heavy atom. The maximum Gasteiger partial charge on any atom is 0.138 e. The van der Waals surface area contributed by atoms with E-state index in [0.717, 1.165) is 18.2 Å². The highest BCUT2D eigenvalue weighted by Crippen LogP contribution is 2.28. The third kappa shape index (κ3) is 2.05. The molecule has 4 nitrogen and oxygen atoms in total. The molecule has 0 amide bonds. The molecule has 1 aromatic heterocycles. The van der Waals surface area contributed by atoms with Gasteiger partial charge in [0.15, 0.2) is 0 Å². The Morgan fingerprint density at radius 3 is 2.69 bits per heavy atom. The van der Waals surface area contributed by atoms with Crippen molar-refractivity contribution in [3.8, 4) is 5.69 Å². The van der Waals surface area contributed by atoms with Crippen LogP contribution in [0, 0.1) is 5.92 Å². The molecule has 1 aromatic carbocycles. The summed E-state index contributed by atoms with van der Waals surface area (Å²) in [5.41, 5.74) is 2.21. The zero-order valence-corrected chi connectivity index (χ0v) is 9.00. The molecule has 0 atom stereocenters. The first-order chi connectivity index (χ1) is 7.92. The second kappa shape index (κ2) is 3.96. The first-order valence-corrected chi connectivity index (χ1v) is 5.61. The number of aromatic nitrogens is 3. The van der Waals surface area contributed by atoms with Crippen molar-refractivity contribution in [1.29, 1.82) is 0 Å². The monoisotopic (exact) mass is 214 g/mol. The number of nitrogens with zero attached hydrogens (tertiary/aromatic N) is 3. The zero-order valence-electron chi connectivity index (χ0n) is 9.00. The molecule has 1 aliphatic carbocycles. The summed E-state index contributed by atoms with van der Waals surface area (Å²) in [6.07, 6.45) is 6.00. The predicted octanol–water partition coefficient (Wildman–Crippen LogP) is 2.09. The van der Waals surface area contributed by atoms with E-state index in [1.54, 1.807) is 17.3 Å². The number of hydrogen-bond donors (Lipinski definition) is 1. The highest BCUT2D eigenvalue weighted by Gasteiger charge is 2.20. The lowest BCUT2D eigenvalue weighted by atomic mass is 10.2. The van der Waals surface area contributed by atoms with Crippen molar-refractivity contribution in [3.63, 3.8) is 0 Å². The van der Waals surface area contributed by atoms with E-state index in [1.807, 2.05) is 12.1 Å². The van der Waals surface area contributed by atoms with Gasteiger partial charge < -0.3 is 5.32 Å². The van der Waals surface area contributed by atoms with E-state index in [-0.39, 0.29) is 0 Å². The van der Waals surface area contributed by atoms with Crippen molar-refractivity contribution < 1.29 is 0 Å². The lowest BCUT2D eigenvalue weighted by Crippen LogP contribution is -2.03. The molecule has 0 bridgehead atoms. The topological polar surface area (TPSA) is 42.7 Å². The molecule has 1 fully saturated rings. The van der Waals surface area contributed by atoms with Gasteiger partial charge in [-0.3, -0.25) is 0 Å². The van der Waals surface area contributed by atoms with Gasteiger partial charge in [-0.25, -0.2) is 9.67 Å². The lowest BCUT2D eigenvalue weighted by Gasteiger charge is -2.06. The van der Waals surface area contributed by atoms with Gasteiger partial charge in [0.05, 0.1) is 5.69 Å². The van der Waals surface area contributed by atoms with E-state index in [0.29, 0.717) is 0 Å². The van der Waals surface area contributed by atoms with Crippen LogP contribution in [0.25, 0.3) is 5.69 Å².